The second kappa shape index (κ2) is 6.80. The van der Waals surface area contributed by atoms with Gasteiger partial charge in [-0.1, -0.05) is 0 Å². The average Bonchev–Trinajstić information content (AvgIpc) is 3.25. The molecule has 0 bridgehead atoms. The van der Waals surface area contributed by atoms with Gasteiger partial charge in [-0.15, -0.1) is 11.3 Å². The molecule has 2 aromatic heterocycles. The van der Waals surface area contributed by atoms with Gasteiger partial charge in [-0.25, -0.2) is 4.98 Å². The molecule has 2 aromatic rings. The Bertz CT molecular complexity index is 675. The van der Waals surface area contributed by atoms with Crippen LogP contribution in [-0.2, 0) is 29.7 Å². The molecule has 0 N–H and O–H groups in total. The number of rotatable bonds is 5. The molecular weight excluding hydrogens is 312 g/mol. The molecule has 3 rings (SSSR count). The van der Waals surface area contributed by atoms with E-state index in [4.69, 9.17) is 4.74 Å². The predicted molar refractivity (Wildman–Crippen MR) is 88.0 cm³/mol. The number of thiazole rings is 1. The molecule has 0 spiro atoms. The van der Waals surface area contributed by atoms with E-state index in [0.29, 0.717) is 19.7 Å². The van der Waals surface area contributed by atoms with Crippen LogP contribution in [0.3, 0.4) is 0 Å². The second-order valence-electron chi connectivity index (χ2n) is 5.89. The highest BCUT2D eigenvalue weighted by molar-refractivity contribution is 7.09. The fourth-order valence-electron chi connectivity index (χ4n) is 2.92. The summed E-state index contributed by atoms with van der Waals surface area (Å²) in [5.41, 5.74) is 3.16. The highest BCUT2D eigenvalue weighted by Crippen LogP contribution is 2.21. The Kier molecular flexibility index (Phi) is 4.77. The Morgan fingerprint density at radius 2 is 2.30 bits per heavy atom. The molecular formula is C16H22N4O2S. The molecule has 1 saturated heterocycles. The zero-order valence-corrected chi connectivity index (χ0v) is 14.6. The predicted octanol–water partition coefficient (Wildman–Crippen LogP) is 2.20. The number of aromatic nitrogens is 3. The quantitative estimate of drug-likeness (QED) is 0.841. The van der Waals surface area contributed by atoms with E-state index in [0.717, 1.165) is 34.8 Å². The second-order valence-corrected chi connectivity index (χ2v) is 6.87. The third-order valence-corrected chi connectivity index (χ3v) is 5.10. The largest absolute Gasteiger partial charge is 0.368 e. The van der Waals surface area contributed by atoms with Crippen molar-refractivity contribution in [1.82, 2.24) is 19.7 Å². The topological polar surface area (TPSA) is 60.2 Å². The van der Waals surface area contributed by atoms with Gasteiger partial charge in [-0.3, -0.25) is 9.48 Å². The fraction of sp³-hybridized carbons (Fsp3) is 0.562. The van der Waals surface area contributed by atoms with Gasteiger partial charge in [0.2, 0.25) is 0 Å². The minimum Gasteiger partial charge on any atom is -0.368 e. The van der Waals surface area contributed by atoms with Crippen molar-refractivity contribution in [2.45, 2.75) is 45.9 Å². The van der Waals surface area contributed by atoms with Gasteiger partial charge in [0.05, 0.1) is 12.2 Å². The number of hydrogen-bond acceptors (Lipinski definition) is 5. The molecule has 0 aliphatic carbocycles. The molecule has 7 heteroatoms. The monoisotopic (exact) mass is 334 g/mol. The van der Waals surface area contributed by atoms with Crippen LogP contribution in [0, 0.1) is 13.8 Å². The van der Waals surface area contributed by atoms with Gasteiger partial charge in [-0.2, -0.15) is 5.10 Å². The summed E-state index contributed by atoms with van der Waals surface area (Å²) < 4.78 is 7.45. The number of ether oxygens (including phenoxy) is 1. The normalized spacial score (nSPS) is 17.6. The van der Waals surface area contributed by atoms with Gasteiger partial charge in [-0.05, 0) is 26.7 Å². The van der Waals surface area contributed by atoms with Crippen molar-refractivity contribution < 1.29 is 9.53 Å². The Hall–Kier alpha value is -1.73. The van der Waals surface area contributed by atoms with Crippen LogP contribution < -0.4 is 0 Å². The van der Waals surface area contributed by atoms with Crippen LogP contribution in [0.15, 0.2) is 11.6 Å². The first-order valence-corrected chi connectivity index (χ1v) is 8.72. The molecule has 6 nitrogen and oxygen atoms in total. The summed E-state index contributed by atoms with van der Waals surface area (Å²) in [5.74, 6) is 0.0559. The van der Waals surface area contributed by atoms with Crippen molar-refractivity contribution in [3.05, 3.63) is 33.5 Å². The number of amides is 1. The lowest BCUT2D eigenvalue weighted by atomic mass is 10.1. The summed E-state index contributed by atoms with van der Waals surface area (Å²) in [6, 6.07) is 0. The van der Waals surface area contributed by atoms with Crippen LogP contribution in [0.4, 0.5) is 0 Å². The Balaban J connectivity index is 1.83. The average molecular weight is 334 g/mol. The number of hydrogen-bond donors (Lipinski definition) is 0. The molecule has 1 amide bonds. The Morgan fingerprint density at radius 1 is 1.48 bits per heavy atom. The van der Waals surface area contributed by atoms with E-state index >= 15 is 0 Å². The molecule has 0 aromatic carbocycles. The number of nitrogens with zero attached hydrogens (tertiary/aromatic N) is 4. The van der Waals surface area contributed by atoms with E-state index in [1.54, 1.807) is 17.5 Å². The van der Waals surface area contributed by atoms with Crippen molar-refractivity contribution in [2.24, 2.45) is 7.05 Å². The van der Waals surface area contributed by atoms with Gasteiger partial charge in [0.25, 0.3) is 5.91 Å². The van der Waals surface area contributed by atoms with Crippen LogP contribution in [-0.4, -0.2) is 38.3 Å². The van der Waals surface area contributed by atoms with Crippen molar-refractivity contribution in [2.75, 3.05) is 6.61 Å². The van der Waals surface area contributed by atoms with Crippen molar-refractivity contribution in [3.8, 4) is 0 Å². The zero-order valence-electron chi connectivity index (χ0n) is 13.8. The van der Waals surface area contributed by atoms with E-state index in [1.807, 2.05) is 35.9 Å². The van der Waals surface area contributed by atoms with E-state index in [1.165, 1.54) is 0 Å². The molecule has 1 aliphatic rings. The van der Waals surface area contributed by atoms with E-state index in [-0.39, 0.29) is 12.0 Å². The molecule has 23 heavy (non-hydrogen) atoms. The van der Waals surface area contributed by atoms with Gasteiger partial charge < -0.3 is 9.64 Å². The third kappa shape index (κ3) is 3.45. The minimum absolute atomic E-state index is 0.0559. The van der Waals surface area contributed by atoms with Gasteiger partial charge in [0, 0.05) is 43.0 Å². The van der Waals surface area contributed by atoms with Crippen LogP contribution in [0.2, 0.25) is 0 Å². The summed E-state index contributed by atoms with van der Waals surface area (Å²) >= 11 is 1.57. The minimum atomic E-state index is -0.313. The lowest BCUT2D eigenvalue weighted by Crippen LogP contribution is -2.38. The molecule has 1 fully saturated rings. The van der Waals surface area contributed by atoms with Gasteiger partial charge >= 0.3 is 0 Å². The van der Waals surface area contributed by atoms with Gasteiger partial charge in [0.15, 0.2) is 0 Å². The first-order valence-electron chi connectivity index (χ1n) is 7.84. The Morgan fingerprint density at radius 3 is 2.87 bits per heavy atom. The Labute approximate surface area is 140 Å². The van der Waals surface area contributed by atoms with Crippen LogP contribution >= 0.6 is 11.3 Å². The highest BCUT2D eigenvalue weighted by Gasteiger charge is 2.29. The molecule has 0 radical (unpaired) electrons. The molecule has 0 unspecified atom stereocenters. The van der Waals surface area contributed by atoms with Crippen LogP contribution in [0.25, 0.3) is 0 Å². The maximum atomic E-state index is 12.9. The molecule has 0 saturated carbocycles. The van der Waals surface area contributed by atoms with Crippen LogP contribution in [0.5, 0.6) is 0 Å². The van der Waals surface area contributed by atoms with Crippen molar-refractivity contribution >= 4 is 17.2 Å². The first-order chi connectivity index (χ1) is 11.1. The third-order valence-electron chi connectivity index (χ3n) is 4.33. The van der Waals surface area contributed by atoms with Crippen molar-refractivity contribution in [1.29, 1.82) is 0 Å². The zero-order chi connectivity index (χ0) is 16.4. The summed E-state index contributed by atoms with van der Waals surface area (Å²) in [6.45, 7) is 5.76. The molecule has 1 atom stereocenters. The van der Waals surface area contributed by atoms with Gasteiger partial charge in [0.1, 0.15) is 11.1 Å². The van der Waals surface area contributed by atoms with E-state index < -0.39 is 0 Å². The number of carbonyl (C=O) groups is 1. The summed E-state index contributed by atoms with van der Waals surface area (Å²) in [6.07, 6.45) is 3.21. The summed E-state index contributed by atoms with van der Waals surface area (Å²) in [5, 5.41) is 7.33. The molecule has 1 aliphatic heterocycles. The molecule has 3 heterocycles. The number of carbonyl (C=O) groups excluding carboxylic acids is 1. The maximum absolute atomic E-state index is 12.9. The maximum Gasteiger partial charge on any atom is 0.252 e. The fourth-order valence-corrected chi connectivity index (χ4v) is 3.55. The highest BCUT2D eigenvalue weighted by atomic mass is 32.1. The SMILES string of the molecule is Cc1nn(C)c(C)c1CN(Cc1nccs1)C(=O)[C@@H]1CCCO1. The standard InChI is InChI=1S/C16H22N4O2S/c1-11-13(12(2)19(3)18-11)9-20(10-15-17-6-8-23-15)16(21)14-5-4-7-22-14/h6,8,14H,4-5,7,9-10H2,1-3H3/t14-/m0/s1. The first kappa shape index (κ1) is 16.1. The lowest BCUT2D eigenvalue weighted by Gasteiger charge is -2.24. The summed E-state index contributed by atoms with van der Waals surface area (Å²) in [7, 11) is 1.93. The van der Waals surface area contributed by atoms with E-state index in [9.17, 15) is 4.79 Å². The van der Waals surface area contributed by atoms with Crippen LogP contribution in [0.1, 0.15) is 34.8 Å². The van der Waals surface area contributed by atoms with Crippen molar-refractivity contribution in [3.63, 3.8) is 0 Å². The lowest BCUT2D eigenvalue weighted by molar-refractivity contribution is -0.142. The smallest absolute Gasteiger partial charge is 0.252 e. The summed E-state index contributed by atoms with van der Waals surface area (Å²) in [4.78, 5) is 19.0. The van der Waals surface area contributed by atoms with E-state index in [2.05, 4.69) is 10.1 Å². The molecule has 124 valence electrons. The number of aryl methyl sites for hydroxylation is 2.